The van der Waals surface area contributed by atoms with Crippen molar-refractivity contribution in [1.29, 1.82) is 0 Å². The monoisotopic (exact) mass is 222 g/mol. The Bertz CT molecular complexity index is 392. The molecule has 1 aliphatic carbocycles. The maximum Gasteiger partial charge on any atom is 0.116 e. The van der Waals surface area contributed by atoms with Crippen LogP contribution in [0.3, 0.4) is 0 Å². The third-order valence-electron chi connectivity index (χ3n) is 2.95. The molecule has 3 nitrogen and oxygen atoms in total. The Labute approximate surface area is 94.1 Å². The van der Waals surface area contributed by atoms with Crippen molar-refractivity contribution >= 4 is 5.57 Å². The van der Waals surface area contributed by atoms with E-state index >= 15 is 0 Å². The van der Waals surface area contributed by atoms with E-state index < -0.39 is 0 Å². The molecule has 1 aromatic heterocycles. The first-order valence-electron chi connectivity index (χ1n) is 5.50. The zero-order valence-electron chi connectivity index (χ0n) is 9.06. The summed E-state index contributed by atoms with van der Waals surface area (Å²) in [5.74, 6) is 0.169. The number of aliphatic hydroxyl groups excluding tert-OH is 1. The number of rotatable bonds is 3. The van der Waals surface area contributed by atoms with E-state index in [2.05, 4.69) is 16.0 Å². The molecule has 1 N–H and O–H groups in total. The number of hydrogen-bond donors (Lipinski definition) is 1. The van der Waals surface area contributed by atoms with Crippen molar-refractivity contribution < 1.29 is 9.50 Å². The number of nitrogens with zero attached hydrogens (tertiary/aromatic N) is 2. The van der Waals surface area contributed by atoms with Gasteiger partial charge >= 0.3 is 0 Å². The van der Waals surface area contributed by atoms with Crippen LogP contribution in [0, 0.1) is 5.92 Å². The molecular weight excluding hydrogens is 207 g/mol. The number of allylic oxidation sites excluding steroid dienone is 2. The maximum absolute atomic E-state index is 12.4. The van der Waals surface area contributed by atoms with Gasteiger partial charge < -0.3 is 5.11 Å². The van der Waals surface area contributed by atoms with Crippen molar-refractivity contribution in [2.75, 3.05) is 6.67 Å². The molecule has 0 bridgehead atoms. The van der Waals surface area contributed by atoms with Crippen LogP contribution in [0.25, 0.3) is 5.57 Å². The number of halogens is 1. The summed E-state index contributed by atoms with van der Waals surface area (Å²) in [6, 6.07) is 1.79. The van der Waals surface area contributed by atoms with Crippen LogP contribution in [0.5, 0.6) is 0 Å². The van der Waals surface area contributed by atoms with Crippen LogP contribution in [-0.4, -0.2) is 21.7 Å². The molecule has 0 amide bonds. The Balaban J connectivity index is 2.15. The highest BCUT2D eigenvalue weighted by Gasteiger charge is 2.16. The third kappa shape index (κ3) is 2.44. The minimum Gasteiger partial charge on any atom is -0.390 e. The van der Waals surface area contributed by atoms with Gasteiger partial charge in [-0.05, 0) is 36.8 Å². The Morgan fingerprint density at radius 3 is 2.94 bits per heavy atom. The van der Waals surface area contributed by atoms with E-state index in [1.165, 1.54) is 6.33 Å². The van der Waals surface area contributed by atoms with Gasteiger partial charge in [0.15, 0.2) is 0 Å². The smallest absolute Gasteiger partial charge is 0.116 e. The van der Waals surface area contributed by atoms with E-state index in [4.69, 9.17) is 5.11 Å². The molecule has 16 heavy (non-hydrogen) atoms. The van der Waals surface area contributed by atoms with Crippen molar-refractivity contribution in [3.05, 3.63) is 29.9 Å². The average Bonchev–Trinajstić information content (AvgIpc) is 2.39. The van der Waals surface area contributed by atoms with Gasteiger partial charge in [-0.1, -0.05) is 6.08 Å². The lowest BCUT2D eigenvalue weighted by Gasteiger charge is -2.18. The predicted molar refractivity (Wildman–Crippen MR) is 59.2 cm³/mol. The molecule has 0 aromatic carbocycles. The topological polar surface area (TPSA) is 46.0 Å². The van der Waals surface area contributed by atoms with E-state index in [0.717, 1.165) is 30.5 Å². The van der Waals surface area contributed by atoms with Gasteiger partial charge in [0.25, 0.3) is 0 Å². The lowest BCUT2D eigenvalue weighted by Crippen LogP contribution is -2.08. The Morgan fingerprint density at radius 2 is 2.31 bits per heavy atom. The van der Waals surface area contributed by atoms with Gasteiger partial charge in [0.1, 0.15) is 6.33 Å². The van der Waals surface area contributed by atoms with Crippen LogP contribution in [0.15, 0.2) is 18.5 Å². The first-order valence-corrected chi connectivity index (χ1v) is 5.50. The van der Waals surface area contributed by atoms with Gasteiger partial charge in [-0.25, -0.2) is 9.97 Å². The predicted octanol–water partition coefficient (Wildman–Crippen LogP) is 2.12. The zero-order valence-corrected chi connectivity index (χ0v) is 9.06. The highest BCUT2D eigenvalue weighted by atomic mass is 19.1. The van der Waals surface area contributed by atoms with E-state index in [1.807, 2.05) is 0 Å². The van der Waals surface area contributed by atoms with Crippen LogP contribution >= 0.6 is 0 Å². The standard InChI is InChI=1S/C12H15FN2O/c13-6-9-1-3-10(4-2-9)12-5-11(7-16)14-8-15-12/h3,5,8-9,16H,1-2,4,6-7H2. The molecule has 1 unspecified atom stereocenters. The van der Waals surface area contributed by atoms with Crippen molar-refractivity contribution in [3.63, 3.8) is 0 Å². The summed E-state index contributed by atoms with van der Waals surface area (Å²) in [6.07, 6.45) is 6.03. The number of aliphatic hydroxyl groups is 1. The van der Waals surface area contributed by atoms with Gasteiger partial charge in [-0.3, -0.25) is 4.39 Å². The Kier molecular flexibility index (Phi) is 3.62. The summed E-state index contributed by atoms with van der Waals surface area (Å²) in [7, 11) is 0. The third-order valence-corrected chi connectivity index (χ3v) is 2.95. The van der Waals surface area contributed by atoms with E-state index in [0.29, 0.717) is 5.69 Å². The SMILES string of the molecule is OCc1cc(C2=CCC(CF)CC2)ncn1. The van der Waals surface area contributed by atoms with Crippen LogP contribution in [0.1, 0.15) is 30.7 Å². The highest BCUT2D eigenvalue weighted by molar-refractivity contribution is 5.63. The first-order chi connectivity index (χ1) is 7.83. The lowest BCUT2D eigenvalue weighted by atomic mass is 9.89. The minimum atomic E-state index is -0.241. The summed E-state index contributed by atoms with van der Waals surface area (Å²) < 4.78 is 12.4. The highest BCUT2D eigenvalue weighted by Crippen LogP contribution is 2.29. The second-order valence-electron chi connectivity index (χ2n) is 4.08. The first kappa shape index (κ1) is 11.2. The maximum atomic E-state index is 12.4. The van der Waals surface area contributed by atoms with Crippen molar-refractivity contribution in [1.82, 2.24) is 9.97 Å². The van der Waals surface area contributed by atoms with Crippen LogP contribution < -0.4 is 0 Å². The molecule has 1 aromatic rings. The summed E-state index contributed by atoms with van der Waals surface area (Å²) in [5, 5.41) is 8.98. The second kappa shape index (κ2) is 5.16. The van der Waals surface area contributed by atoms with Crippen molar-refractivity contribution in [2.45, 2.75) is 25.9 Å². The largest absolute Gasteiger partial charge is 0.390 e. The zero-order chi connectivity index (χ0) is 11.4. The van der Waals surface area contributed by atoms with Gasteiger partial charge in [0, 0.05) is 0 Å². The number of hydrogen-bond acceptors (Lipinski definition) is 3. The molecule has 0 saturated carbocycles. The average molecular weight is 222 g/mol. The summed E-state index contributed by atoms with van der Waals surface area (Å²) in [5.41, 5.74) is 2.62. The van der Waals surface area contributed by atoms with Crippen LogP contribution in [0.4, 0.5) is 4.39 Å². The molecular formula is C12H15FN2O. The Morgan fingerprint density at radius 1 is 1.44 bits per heavy atom. The molecule has 4 heteroatoms. The Hall–Kier alpha value is -1.29. The summed E-state index contributed by atoms with van der Waals surface area (Å²) in [4.78, 5) is 8.11. The molecule has 0 aliphatic heterocycles. The van der Waals surface area contributed by atoms with Gasteiger partial charge in [0.2, 0.25) is 0 Å². The summed E-state index contributed by atoms with van der Waals surface area (Å²) in [6.45, 7) is -0.314. The van der Waals surface area contributed by atoms with E-state index in [9.17, 15) is 4.39 Å². The van der Waals surface area contributed by atoms with Gasteiger partial charge in [0.05, 0.1) is 24.7 Å². The number of aromatic nitrogens is 2. The van der Waals surface area contributed by atoms with E-state index in [1.54, 1.807) is 6.07 Å². The molecule has 0 saturated heterocycles. The molecule has 0 spiro atoms. The fourth-order valence-electron chi connectivity index (χ4n) is 1.92. The minimum absolute atomic E-state index is 0.0735. The van der Waals surface area contributed by atoms with Gasteiger partial charge in [-0.15, -0.1) is 0 Å². The molecule has 1 heterocycles. The molecule has 1 atom stereocenters. The quantitative estimate of drug-likeness (QED) is 0.852. The molecule has 86 valence electrons. The fraction of sp³-hybridized carbons (Fsp3) is 0.500. The van der Waals surface area contributed by atoms with Crippen LogP contribution in [-0.2, 0) is 6.61 Å². The van der Waals surface area contributed by atoms with Gasteiger partial charge in [-0.2, -0.15) is 0 Å². The summed E-state index contributed by atoms with van der Waals surface area (Å²) >= 11 is 0. The molecule has 0 fully saturated rings. The fourth-order valence-corrected chi connectivity index (χ4v) is 1.92. The van der Waals surface area contributed by atoms with Crippen molar-refractivity contribution in [2.24, 2.45) is 5.92 Å². The molecule has 2 rings (SSSR count). The van der Waals surface area contributed by atoms with Crippen LogP contribution in [0.2, 0.25) is 0 Å². The second-order valence-corrected chi connectivity index (χ2v) is 4.08. The molecule has 0 radical (unpaired) electrons. The van der Waals surface area contributed by atoms with E-state index in [-0.39, 0.29) is 19.2 Å². The molecule has 1 aliphatic rings. The lowest BCUT2D eigenvalue weighted by molar-refractivity contribution is 0.276. The van der Waals surface area contributed by atoms with Crippen molar-refractivity contribution in [3.8, 4) is 0 Å². The normalized spacial score (nSPS) is 20.6. The number of alkyl halides is 1.